The van der Waals surface area contributed by atoms with Gasteiger partial charge < -0.3 is 19.5 Å². The second kappa shape index (κ2) is 8.84. The fourth-order valence-electron chi connectivity index (χ4n) is 3.15. The Kier molecular flexibility index (Phi) is 5.80. The molecule has 1 amide bonds. The number of aryl methyl sites for hydroxylation is 1. The first-order chi connectivity index (χ1) is 15.5. The molecule has 0 aliphatic rings. The van der Waals surface area contributed by atoms with Crippen LogP contribution in [0.4, 0.5) is 11.6 Å². The van der Waals surface area contributed by atoms with Crippen LogP contribution in [0.15, 0.2) is 59.4 Å². The minimum Gasteiger partial charge on any atom is -0.479 e. The molecule has 32 heavy (non-hydrogen) atoms. The van der Waals surface area contributed by atoms with Crippen molar-refractivity contribution in [1.29, 1.82) is 0 Å². The summed E-state index contributed by atoms with van der Waals surface area (Å²) in [4.78, 5) is 28.0. The van der Waals surface area contributed by atoms with Gasteiger partial charge in [0.2, 0.25) is 11.8 Å². The quantitative estimate of drug-likeness (QED) is 0.492. The third kappa shape index (κ3) is 4.13. The fourth-order valence-corrected chi connectivity index (χ4v) is 3.15. The number of anilines is 2. The van der Waals surface area contributed by atoms with Crippen molar-refractivity contribution in [2.24, 2.45) is 0 Å². The molecule has 1 aromatic carbocycles. The van der Waals surface area contributed by atoms with Crippen molar-refractivity contribution in [1.82, 2.24) is 20.1 Å². The summed E-state index contributed by atoms with van der Waals surface area (Å²) in [7, 11) is 5.23. The first-order valence-electron chi connectivity index (χ1n) is 9.85. The molecule has 0 saturated heterocycles. The lowest BCUT2D eigenvalue weighted by molar-refractivity contribution is 0.102. The van der Waals surface area contributed by atoms with E-state index in [1.165, 1.54) is 7.11 Å². The molecule has 0 spiro atoms. The van der Waals surface area contributed by atoms with Crippen molar-refractivity contribution in [3.8, 4) is 28.4 Å². The summed E-state index contributed by atoms with van der Waals surface area (Å²) in [5.41, 5.74) is 3.39. The molecule has 0 atom stereocenters. The minimum absolute atomic E-state index is 0.267. The van der Waals surface area contributed by atoms with Crippen molar-refractivity contribution in [3.63, 3.8) is 0 Å². The summed E-state index contributed by atoms with van der Waals surface area (Å²) in [6.45, 7) is 1.70. The van der Waals surface area contributed by atoms with Gasteiger partial charge >= 0.3 is 0 Å². The van der Waals surface area contributed by atoms with Crippen molar-refractivity contribution in [2.75, 3.05) is 31.4 Å². The second-order valence-corrected chi connectivity index (χ2v) is 7.20. The van der Waals surface area contributed by atoms with E-state index >= 15 is 0 Å². The number of ether oxygens (including phenoxy) is 1. The predicted molar refractivity (Wildman–Crippen MR) is 121 cm³/mol. The van der Waals surface area contributed by atoms with E-state index < -0.39 is 0 Å². The van der Waals surface area contributed by atoms with Gasteiger partial charge in [-0.1, -0.05) is 35.5 Å². The van der Waals surface area contributed by atoms with Crippen molar-refractivity contribution in [3.05, 3.63) is 66.2 Å². The Morgan fingerprint density at radius 3 is 2.41 bits per heavy atom. The lowest BCUT2D eigenvalue weighted by atomic mass is 10.1. The largest absolute Gasteiger partial charge is 0.479 e. The third-order valence-electron chi connectivity index (χ3n) is 4.77. The van der Waals surface area contributed by atoms with Crippen LogP contribution in [-0.4, -0.2) is 47.2 Å². The number of hydrogen-bond acceptors (Lipinski definition) is 8. The molecule has 3 aromatic heterocycles. The van der Waals surface area contributed by atoms with Gasteiger partial charge in [0, 0.05) is 37.6 Å². The number of hydrogen-bond donors (Lipinski definition) is 1. The van der Waals surface area contributed by atoms with E-state index in [9.17, 15) is 4.79 Å². The van der Waals surface area contributed by atoms with Crippen LogP contribution in [0.2, 0.25) is 0 Å². The Morgan fingerprint density at radius 2 is 1.75 bits per heavy atom. The lowest BCUT2D eigenvalue weighted by Gasteiger charge is -2.12. The maximum atomic E-state index is 13.1. The molecular weight excluding hydrogens is 408 g/mol. The number of nitrogens with zero attached hydrogens (tertiary/aromatic N) is 5. The Labute approximate surface area is 185 Å². The first-order valence-corrected chi connectivity index (χ1v) is 9.85. The minimum atomic E-state index is -0.367. The molecule has 0 bridgehead atoms. The van der Waals surface area contributed by atoms with Crippen LogP contribution in [0.3, 0.4) is 0 Å². The van der Waals surface area contributed by atoms with Gasteiger partial charge in [0.05, 0.1) is 12.8 Å². The zero-order chi connectivity index (χ0) is 22.7. The van der Waals surface area contributed by atoms with E-state index in [1.807, 2.05) is 49.3 Å². The number of nitrogens with one attached hydrogen (secondary N) is 1. The lowest BCUT2D eigenvalue weighted by Crippen LogP contribution is -2.14. The number of carbonyl (C=O) groups is 1. The van der Waals surface area contributed by atoms with Crippen LogP contribution >= 0.6 is 0 Å². The Balaban J connectivity index is 1.62. The Morgan fingerprint density at radius 1 is 1.03 bits per heavy atom. The van der Waals surface area contributed by atoms with E-state index in [-0.39, 0.29) is 11.8 Å². The molecule has 0 radical (unpaired) electrons. The number of methoxy groups -OCH3 is 1. The monoisotopic (exact) mass is 430 g/mol. The molecule has 4 rings (SSSR count). The Hall–Kier alpha value is -4.27. The van der Waals surface area contributed by atoms with E-state index in [0.29, 0.717) is 34.3 Å². The molecule has 1 N–H and O–H groups in total. The average molecular weight is 430 g/mol. The molecule has 9 nitrogen and oxygen atoms in total. The van der Waals surface area contributed by atoms with E-state index in [1.54, 1.807) is 31.5 Å². The maximum Gasteiger partial charge on any atom is 0.261 e. The summed E-state index contributed by atoms with van der Waals surface area (Å²) < 4.78 is 10.7. The van der Waals surface area contributed by atoms with Crippen LogP contribution in [0.1, 0.15) is 16.1 Å². The van der Waals surface area contributed by atoms with Crippen molar-refractivity contribution >= 4 is 17.5 Å². The summed E-state index contributed by atoms with van der Waals surface area (Å²) >= 11 is 0. The molecule has 0 saturated carbocycles. The van der Waals surface area contributed by atoms with Gasteiger partial charge in [-0.3, -0.25) is 4.79 Å². The van der Waals surface area contributed by atoms with Gasteiger partial charge in [0.1, 0.15) is 22.7 Å². The molecule has 3 heterocycles. The van der Waals surface area contributed by atoms with Crippen molar-refractivity contribution in [2.45, 2.75) is 6.92 Å². The molecule has 162 valence electrons. The molecule has 4 aromatic rings. The van der Waals surface area contributed by atoms with E-state index in [4.69, 9.17) is 9.26 Å². The predicted octanol–water partition coefficient (Wildman–Crippen LogP) is 3.83. The molecule has 0 aliphatic carbocycles. The van der Waals surface area contributed by atoms with Gasteiger partial charge in [-0.2, -0.15) is 0 Å². The highest BCUT2D eigenvalue weighted by molar-refractivity contribution is 6.09. The SMILES string of the molecule is COc1nc(-c2cnc(N(C)C)nc2)ccc1NC(=O)c1c(-c2ccccc2)noc1C. The third-order valence-corrected chi connectivity index (χ3v) is 4.77. The zero-order valence-corrected chi connectivity index (χ0v) is 18.2. The van der Waals surface area contributed by atoms with Crippen LogP contribution in [0.25, 0.3) is 22.5 Å². The summed E-state index contributed by atoms with van der Waals surface area (Å²) in [5, 5.41) is 6.92. The smallest absolute Gasteiger partial charge is 0.261 e. The highest BCUT2D eigenvalue weighted by Gasteiger charge is 2.23. The average Bonchev–Trinajstić information content (AvgIpc) is 3.21. The van der Waals surface area contributed by atoms with E-state index in [2.05, 4.69) is 25.4 Å². The summed E-state index contributed by atoms with van der Waals surface area (Å²) in [5.74, 6) is 0.919. The van der Waals surface area contributed by atoms with Gasteiger partial charge in [-0.05, 0) is 19.1 Å². The maximum absolute atomic E-state index is 13.1. The van der Waals surface area contributed by atoms with Crippen LogP contribution in [0.5, 0.6) is 5.88 Å². The van der Waals surface area contributed by atoms with Gasteiger partial charge in [0.25, 0.3) is 5.91 Å². The number of rotatable bonds is 6. The number of amides is 1. The van der Waals surface area contributed by atoms with Gasteiger partial charge in [-0.15, -0.1) is 0 Å². The number of benzene rings is 1. The van der Waals surface area contributed by atoms with Gasteiger partial charge in [-0.25, -0.2) is 15.0 Å². The number of aromatic nitrogens is 4. The number of carbonyl (C=O) groups excluding carboxylic acids is 1. The molecule has 0 unspecified atom stereocenters. The summed E-state index contributed by atoms with van der Waals surface area (Å²) in [6.07, 6.45) is 3.38. The van der Waals surface area contributed by atoms with Gasteiger partial charge in [0.15, 0.2) is 0 Å². The first kappa shape index (κ1) is 21.0. The zero-order valence-electron chi connectivity index (χ0n) is 18.2. The van der Waals surface area contributed by atoms with Crippen LogP contribution in [0, 0.1) is 6.92 Å². The topological polar surface area (TPSA) is 106 Å². The summed E-state index contributed by atoms with van der Waals surface area (Å²) in [6, 6.07) is 12.9. The normalized spacial score (nSPS) is 10.6. The molecule has 0 fully saturated rings. The molecule has 0 aliphatic heterocycles. The number of pyridine rings is 1. The fraction of sp³-hybridized carbons (Fsp3) is 0.174. The Bertz CT molecular complexity index is 1240. The van der Waals surface area contributed by atoms with E-state index in [0.717, 1.165) is 11.1 Å². The molecular formula is C23H22N6O3. The highest BCUT2D eigenvalue weighted by Crippen LogP contribution is 2.30. The molecule has 9 heteroatoms. The van der Waals surface area contributed by atoms with Crippen LogP contribution < -0.4 is 15.0 Å². The highest BCUT2D eigenvalue weighted by atomic mass is 16.5. The van der Waals surface area contributed by atoms with Crippen molar-refractivity contribution < 1.29 is 14.1 Å². The van der Waals surface area contributed by atoms with Crippen LogP contribution in [-0.2, 0) is 0 Å². The second-order valence-electron chi connectivity index (χ2n) is 7.20. The standard InChI is InChI=1S/C23H22N6O3/c1-14-19(20(28-32-14)15-8-6-5-7-9-15)21(30)26-18-11-10-17(27-22(18)31-4)16-12-24-23(25-13-16)29(2)3/h5-13H,1-4H3,(H,26,30).